The van der Waals surface area contributed by atoms with E-state index in [1.807, 2.05) is 0 Å². The molecule has 4 heteroatoms. The molecule has 0 unspecified atom stereocenters. The average molecular weight is 180 g/mol. The van der Waals surface area contributed by atoms with Crippen LogP contribution < -0.4 is 11.5 Å². The fraction of sp³-hybridized carbons (Fsp3) is 0.444. The molecule has 0 fully saturated rings. The fourth-order valence-corrected chi connectivity index (χ4v) is 1.86. The Morgan fingerprint density at radius 1 is 1.31 bits per heavy atom. The third-order valence-electron chi connectivity index (χ3n) is 2.44. The number of rotatable bonds is 1. The maximum absolute atomic E-state index is 11.0. The first kappa shape index (κ1) is 8.16. The van der Waals surface area contributed by atoms with E-state index in [4.69, 9.17) is 15.9 Å². The van der Waals surface area contributed by atoms with Crippen molar-refractivity contribution in [3.8, 4) is 0 Å². The summed E-state index contributed by atoms with van der Waals surface area (Å²) < 4.78 is 5.28. The Morgan fingerprint density at radius 3 is 2.69 bits per heavy atom. The van der Waals surface area contributed by atoms with Crippen LogP contribution in [-0.2, 0) is 12.8 Å². The molecule has 0 saturated carbocycles. The van der Waals surface area contributed by atoms with Gasteiger partial charge in [-0.2, -0.15) is 0 Å². The van der Waals surface area contributed by atoms with Gasteiger partial charge in [0, 0.05) is 12.0 Å². The molecule has 0 aromatic carbocycles. The number of hydrogen-bond acceptors (Lipinski definition) is 3. The van der Waals surface area contributed by atoms with Gasteiger partial charge >= 0.3 is 0 Å². The van der Waals surface area contributed by atoms with Gasteiger partial charge in [0.15, 0.2) is 0 Å². The van der Waals surface area contributed by atoms with Crippen molar-refractivity contribution in [1.82, 2.24) is 0 Å². The molecule has 1 amide bonds. The van der Waals surface area contributed by atoms with Gasteiger partial charge in [0.05, 0.1) is 0 Å². The molecule has 0 radical (unpaired) electrons. The summed E-state index contributed by atoms with van der Waals surface area (Å²) in [6.07, 6.45) is 3.89. The monoisotopic (exact) mass is 180 g/mol. The Hall–Kier alpha value is -1.45. The van der Waals surface area contributed by atoms with Crippen molar-refractivity contribution in [3.05, 3.63) is 16.9 Å². The highest BCUT2D eigenvalue weighted by Gasteiger charge is 2.23. The van der Waals surface area contributed by atoms with Crippen molar-refractivity contribution in [2.45, 2.75) is 25.7 Å². The normalized spacial score (nSPS) is 15.4. The second kappa shape index (κ2) is 2.80. The Bertz CT molecular complexity index is 355. The lowest BCUT2D eigenvalue weighted by molar-refractivity contribution is 0.1000. The lowest BCUT2D eigenvalue weighted by Crippen LogP contribution is -2.15. The maximum Gasteiger partial charge on any atom is 0.254 e. The smallest absolute Gasteiger partial charge is 0.254 e. The van der Waals surface area contributed by atoms with Crippen LogP contribution in [0.4, 0.5) is 5.88 Å². The number of hydrogen-bond donors (Lipinski definition) is 2. The van der Waals surface area contributed by atoms with Crippen LogP contribution in [0.2, 0.25) is 0 Å². The van der Waals surface area contributed by atoms with Gasteiger partial charge < -0.3 is 15.9 Å². The molecule has 1 aliphatic rings. The number of carbonyl (C=O) groups excluding carboxylic acids is 1. The minimum atomic E-state index is -0.482. The van der Waals surface area contributed by atoms with Crippen molar-refractivity contribution >= 4 is 11.8 Å². The summed E-state index contributed by atoms with van der Waals surface area (Å²) in [5, 5.41) is 0. The SMILES string of the molecule is NC(=O)c1c(N)oc2c1CCCC2. The number of furan rings is 1. The molecular formula is C9H12N2O2. The van der Waals surface area contributed by atoms with Gasteiger partial charge in [-0.15, -0.1) is 0 Å². The van der Waals surface area contributed by atoms with Crippen LogP contribution in [0.1, 0.15) is 34.5 Å². The van der Waals surface area contributed by atoms with E-state index in [0.717, 1.165) is 37.0 Å². The topological polar surface area (TPSA) is 82.2 Å². The number of fused-ring (bicyclic) bond motifs is 1. The quantitative estimate of drug-likeness (QED) is 0.671. The zero-order chi connectivity index (χ0) is 9.42. The molecule has 0 saturated heterocycles. The molecule has 4 N–H and O–H groups in total. The van der Waals surface area contributed by atoms with Crippen molar-refractivity contribution in [1.29, 1.82) is 0 Å². The Balaban J connectivity index is 2.54. The summed E-state index contributed by atoms with van der Waals surface area (Å²) in [6, 6.07) is 0. The molecule has 0 bridgehead atoms. The number of primary amides is 1. The third-order valence-corrected chi connectivity index (χ3v) is 2.44. The van der Waals surface area contributed by atoms with E-state index < -0.39 is 5.91 Å². The summed E-state index contributed by atoms with van der Waals surface area (Å²) in [5.74, 6) is 0.543. The highest BCUT2D eigenvalue weighted by Crippen LogP contribution is 2.30. The number of carbonyl (C=O) groups is 1. The lowest BCUT2D eigenvalue weighted by atomic mass is 9.95. The first-order valence-electron chi connectivity index (χ1n) is 4.40. The van der Waals surface area contributed by atoms with Crippen LogP contribution in [-0.4, -0.2) is 5.91 Å². The highest BCUT2D eigenvalue weighted by molar-refractivity contribution is 5.98. The number of amides is 1. The second-order valence-corrected chi connectivity index (χ2v) is 3.31. The molecule has 1 aliphatic carbocycles. The van der Waals surface area contributed by atoms with E-state index in [1.54, 1.807) is 0 Å². The van der Waals surface area contributed by atoms with Gasteiger partial charge in [-0.25, -0.2) is 0 Å². The summed E-state index contributed by atoms with van der Waals surface area (Å²) in [7, 11) is 0. The van der Waals surface area contributed by atoms with Crippen LogP contribution in [0.15, 0.2) is 4.42 Å². The van der Waals surface area contributed by atoms with Crippen LogP contribution in [0.25, 0.3) is 0 Å². The summed E-state index contributed by atoms with van der Waals surface area (Å²) in [4.78, 5) is 11.0. The molecular weight excluding hydrogens is 168 g/mol. The van der Waals surface area contributed by atoms with Crippen LogP contribution in [0, 0.1) is 0 Å². The van der Waals surface area contributed by atoms with E-state index in [0.29, 0.717) is 5.56 Å². The number of aryl methyl sites for hydroxylation is 1. The number of anilines is 1. The maximum atomic E-state index is 11.0. The van der Waals surface area contributed by atoms with E-state index in [-0.39, 0.29) is 5.88 Å². The predicted octanol–water partition coefficient (Wildman–Crippen LogP) is 0.840. The van der Waals surface area contributed by atoms with Crippen molar-refractivity contribution < 1.29 is 9.21 Å². The van der Waals surface area contributed by atoms with Gasteiger partial charge in [-0.05, 0) is 19.3 Å². The molecule has 1 aromatic rings. The van der Waals surface area contributed by atoms with Crippen LogP contribution in [0.3, 0.4) is 0 Å². The molecule has 2 rings (SSSR count). The second-order valence-electron chi connectivity index (χ2n) is 3.31. The number of nitrogen functional groups attached to an aromatic ring is 1. The zero-order valence-corrected chi connectivity index (χ0v) is 7.30. The van der Waals surface area contributed by atoms with Crippen LogP contribution >= 0.6 is 0 Å². The molecule has 1 heterocycles. The van der Waals surface area contributed by atoms with Crippen molar-refractivity contribution in [3.63, 3.8) is 0 Å². The summed E-state index contributed by atoms with van der Waals surface area (Å²) >= 11 is 0. The predicted molar refractivity (Wildman–Crippen MR) is 48.3 cm³/mol. The number of nitrogens with two attached hydrogens (primary N) is 2. The molecule has 1 aromatic heterocycles. The van der Waals surface area contributed by atoms with E-state index >= 15 is 0 Å². The van der Waals surface area contributed by atoms with Crippen molar-refractivity contribution in [2.75, 3.05) is 5.73 Å². The highest BCUT2D eigenvalue weighted by atomic mass is 16.4. The minimum Gasteiger partial charge on any atom is -0.445 e. The summed E-state index contributed by atoms with van der Waals surface area (Å²) in [6.45, 7) is 0. The van der Waals surface area contributed by atoms with Crippen LogP contribution in [0.5, 0.6) is 0 Å². The van der Waals surface area contributed by atoms with Gasteiger partial charge in [-0.1, -0.05) is 0 Å². The fourth-order valence-electron chi connectivity index (χ4n) is 1.86. The largest absolute Gasteiger partial charge is 0.445 e. The standard InChI is InChI=1S/C9H12N2O2/c10-8(12)7-5-3-1-2-4-6(5)13-9(7)11/h1-4,11H2,(H2,10,12). The van der Waals surface area contributed by atoms with Gasteiger partial charge in [0.2, 0.25) is 5.88 Å². The van der Waals surface area contributed by atoms with E-state index in [2.05, 4.69) is 0 Å². The zero-order valence-electron chi connectivity index (χ0n) is 7.30. The molecule has 13 heavy (non-hydrogen) atoms. The molecule has 0 aliphatic heterocycles. The third kappa shape index (κ3) is 1.18. The Kier molecular flexibility index (Phi) is 1.76. The molecule has 70 valence electrons. The molecule has 4 nitrogen and oxygen atoms in total. The van der Waals surface area contributed by atoms with Gasteiger partial charge in [0.25, 0.3) is 5.91 Å². The first-order valence-corrected chi connectivity index (χ1v) is 4.40. The van der Waals surface area contributed by atoms with Gasteiger partial charge in [0.1, 0.15) is 11.3 Å². The Labute approximate surface area is 75.9 Å². The average Bonchev–Trinajstić information content (AvgIpc) is 2.39. The molecule has 0 spiro atoms. The summed E-state index contributed by atoms with van der Waals surface area (Å²) in [5.41, 5.74) is 12.1. The lowest BCUT2D eigenvalue weighted by Gasteiger charge is -2.08. The van der Waals surface area contributed by atoms with Gasteiger partial charge in [-0.3, -0.25) is 4.79 Å². The van der Waals surface area contributed by atoms with E-state index in [9.17, 15) is 4.79 Å². The first-order chi connectivity index (χ1) is 6.20. The molecule has 0 atom stereocenters. The Morgan fingerprint density at radius 2 is 2.00 bits per heavy atom. The minimum absolute atomic E-state index is 0.180. The van der Waals surface area contributed by atoms with E-state index in [1.165, 1.54) is 0 Å². The van der Waals surface area contributed by atoms with Crippen molar-refractivity contribution in [2.24, 2.45) is 5.73 Å².